The molecule has 3 nitrogen and oxygen atoms in total. The van der Waals surface area contributed by atoms with Gasteiger partial charge in [-0.2, -0.15) is 0 Å². The number of Topliss-reactive ketones (excluding diaryl/α,β-unsaturated/α-hetero) is 1. The molecule has 0 aliphatic carbocycles. The number of aryl methyl sites for hydroxylation is 1. The van der Waals surface area contributed by atoms with Gasteiger partial charge in [0, 0.05) is 30.7 Å². The number of rotatable bonds is 3. The lowest BCUT2D eigenvalue weighted by molar-refractivity contribution is 0.0549. The molecule has 0 amide bonds. The van der Waals surface area contributed by atoms with E-state index in [0.29, 0.717) is 18.6 Å². The van der Waals surface area contributed by atoms with Crippen molar-refractivity contribution in [3.8, 4) is 0 Å². The number of hydrogen-bond acceptors (Lipinski definition) is 3. The monoisotopic (exact) mass is 260 g/mol. The fourth-order valence-corrected chi connectivity index (χ4v) is 2.76. The number of piperazine rings is 1. The molecule has 19 heavy (non-hydrogen) atoms. The van der Waals surface area contributed by atoms with Crippen molar-refractivity contribution in [2.75, 3.05) is 26.7 Å². The fourth-order valence-electron chi connectivity index (χ4n) is 2.76. The predicted molar refractivity (Wildman–Crippen MR) is 78.6 cm³/mol. The summed E-state index contributed by atoms with van der Waals surface area (Å²) >= 11 is 0. The van der Waals surface area contributed by atoms with Crippen LogP contribution >= 0.6 is 0 Å². The molecule has 2 atom stereocenters. The van der Waals surface area contributed by atoms with E-state index in [-0.39, 0.29) is 5.78 Å². The number of carbonyl (C=O) groups is 1. The average molecular weight is 260 g/mol. The summed E-state index contributed by atoms with van der Waals surface area (Å²) in [5.41, 5.74) is 1.98. The van der Waals surface area contributed by atoms with Gasteiger partial charge in [0.05, 0.1) is 6.54 Å². The molecule has 1 heterocycles. The summed E-state index contributed by atoms with van der Waals surface area (Å²) in [5.74, 6) is 0.229. The second-order valence-electron chi connectivity index (χ2n) is 5.85. The summed E-state index contributed by atoms with van der Waals surface area (Å²) in [6.07, 6.45) is 0. The quantitative estimate of drug-likeness (QED) is 0.778. The van der Waals surface area contributed by atoms with Gasteiger partial charge < -0.3 is 0 Å². The molecule has 0 bridgehead atoms. The molecule has 2 unspecified atom stereocenters. The van der Waals surface area contributed by atoms with Crippen LogP contribution in [0.5, 0.6) is 0 Å². The van der Waals surface area contributed by atoms with E-state index in [0.717, 1.165) is 24.2 Å². The van der Waals surface area contributed by atoms with E-state index < -0.39 is 0 Å². The third-order valence-corrected chi connectivity index (χ3v) is 4.14. The SMILES string of the molecule is Cc1cccc(C(=O)CN2CC(C)N(C)C(C)C2)c1. The van der Waals surface area contributed by atoms with E-state index in [1.807, 2.05) is 31.2 Å². The number of hydrogen-bond donors (Lipinski definition) is 0. The Morgan fingerprint density at radius 2 is 1.89 bits per heavy atom. The van der Waals surface area contributed by atoms with Crippen LogP contribution in [0.4, 0.5) is 0 Å². The Bertz CT molecular complexity index is 446. The number of carbonyl (C=O) groups excluding carboxylic acids is 1. The molecule has 0 saturated carbocycles. The van der Waals surface area contributed by atoms with Crippen LogP contribution in [0, 0.1) is 6.92 Å². The lowest BCUT2D eigenvalue weighted by Crippen LogP contribution is -2.55. The Morgan fingerprint density at radius 3 is 2.47 bits per heavy atom. The molecule has 0 spiro atoms. The van der Waals surface area contributed by atoms with Crippen LogP contribution in [0.25, 0.3) is 0 Å². The van der Waals surface area contributed by atoms with E-state index in [9.17, 15) is 4.79 Å². The predicted octanol–water partition coefficient (Wildman–Crippen LogP) is 2.20. The highest BCUT2D eigenvalue weighted by molar-refractivity contribution is 5.97. The van der Waals surface area contributed by atoms with Crippen LogP contribution in [-0.2, 0) is 0 Å². The van der Waals surface area contributed by atoms with Crippen molar-refractivity contribution in [1.82, 2.24) is 9.80 Å². The van der Waals surface area contributed by atoms with Gasteiger partial charge in [0.2, 0.25) is 0 Å². The van der Waals surface area contributed by atoms with Gasteiger partial charge in [0.1, 0.15) is 0 Å². The van der Waals surface area contributed by atoms with Crippen molar-refractivity contribution in [1.29, 1.82) is 0 Å². The van der Waals surface area contributed by atoms with Crippen molar-refractivity contribution in [2.45, 2.75) is 32.9 Å². The van der Waals surface area contributed by atoms with E-state index >= 15 is 0 Å². The Kier molecular flexibility index (Phi) is 4.38. The largest absolute Gasteiger partial charge is 0.298 e. The van der Waals surface area contributed by atoms with Gasteiger partial charge in [-0.15, -0.1) is 0 Å². The van der Waals surface area contributed by atoms with E-state index in [2.05, 4.69) is 30.7 Å². The number of likely N-dealkylation sites (N-methyl/N-ethyl adjacent to an activating group) is 1. The molecule has 1 fully saturated rings. The molecule has 0 radical (unpaired) electrons. The standard InChI is InChI=1S/C16H24N2O/c1-12-6-5-7-15(8-12)16(19)11-18-9-13(2)17(4)14(3)10-18/h5-8,13-14H,9-11H2,1-4H3. The molecular weight excluding hydrogens is 236 g/mol. The number of benzene rings is 1. The third-order valence-electron chi connectivity index (χ3n) is 4.14. The zero-order chi connectivity index (χ0) is 14.0. The maximum atomic E-state index is 12.3. The van der Waals surface area contributed by atoms with Crippen LogP contribution in [0.1, 0.15) is 29.8 Å². The van der Waals surface area contributed by atoms with E-state index in [1.54, 1.807) is 0 Å². The molecule has 1 aromatic carbocycles. The first kappa shape index (κ1) is 14.2. The summed E-state index contributed by atoms with van der Waals surface area (Å²) in [4.78, 5) is 17.0. The summed E-state index contributed by atoms with van der Waals surface area (Å²) in [6.45, 7) is 8.94. The van der Waals surface area contributed by atoms with Crippen molar-refractivity contribution in [3.05, 3.63) is 35.4 Å². The zero-order valence-corrected chi connectivity index (χ0v) is 12.4. The van der Waals surface area contributed by atoms with Gasteiger partial charge in [-0.1, -0.05) is 23.8 Å². The first-order valence-electron chi connectivity index (χ1n) is 7.01. The minimum atomic E-state index is 0.229. The Labute approximate surface area is 116 Å². The first-order valence-corrected chi connectivity index (χ1v) is 7.01. The molecule has 3 heteroatoms. The number of ketones is 1. The van der Waals surface area contributed by atoms with Crippen molar-refractivity contribution in [2.24, 2.45) is 0 Å². The molecule has 1 aromatic rings. The van der Waals surface area contributed by atoms with E-state index in [4.69, 9.17) is 0 Å². The van der Waals surface area contributed by atoms with Gasteiger partial charge >= 0.3 is 0 Å². The Morgan fingerprint density at radius 1 is 1.26 bits per heavy atom. The van der Waals surface area contributed by atoms with Gasteiger partial charge in [-0.3, -0.25) is 14.6 Å². The van der Waals surface area contributed by atoms with Crippen molar-refractivity contribution in [3.63, 3.8) is 0 Å². The van der Waals surface area contributed by atoms with Crippen LogP contribution < -0.4 is 0 Å². The highest BCUT2D eigenvalue weighted by Gasteiger charge is 2.27. The molecule has 0 aromatic heterocycles. The minimum Gasteiger partial charge on any atom is -0.298 e. The molecule has 0 N–H and O–H groups in total. The lowest BCUT2D eigenvalue weighted by atomic mass is 10.1. The molecular formula is C16H24N2O. The molecule has 2 rings (SSSR count). The van der Waals surface area contributed by atoms with Crippen LogP contribution in [0.3, 0.4) is 0 Å². The second-order valence-corrected chi connectivity index (χ2v) is 5.85. The van der Waals surface area contributed by atoms with Gasteiger partial charge in [0.15, 0.2) is 5.78 Å². The summed E-state index contributed by atoms with van der Waals surface area (Å²) < 4.78 is 0. The third kappa shape index (κ3) is 3.43. The minimum absolute atomic E-state index is 0.229. The van der Waals surface area contributed by atoms with Crippen LogP contribution in [0.2, 0.25) is 0 Å². The Balaban J connectivity index is 2.00. The highest BCUT2D eigenvalue weighted by Crippen LogP contribution is 2.14. The van der Waals surface area contributed by atoms with Gasteiger partial charge in [-0.05, 0) is 33.9 Å². The van der Waals surface area contributed by atoms with Crippen LogP contribution in [-0.4, -0.2) is 54.3 Å². The zero-order valence-electron chi connectivity index (χ0n) is 12.4. The second kappa shape index (κ2) is 5.85. The van der Waals surface area contributed by atoms with Crippen LogP contribution in [0.15, 0.2) is 24.3 Å². The Hall–Kier alpha value is -1.19. The maximum Gasteiger partial charge on any atom is 0.176 e. The topological polar surface area (TPSA) is 23.6 Å². The highest BCUT2D eigenvalue weighted by atomic mass is 16.1. The average Bonchev–Trinajstić information content (AvgIpc) is 2.36. The van der Waals surface area contributed by atoms with Crippen molar-refractivity contribution < 1.29 is 4.79 Å². The van der Waals surface area contributed by atoms with E-state index in [1.165, 1.54) is 0 Å². The first-order chi connectivity index (χ1) is 8.97. The van der Waals surface area contributed by atoms with Gasteiger partial charge in [0.25, 0.3) is 0 Å². The maximum absolute atomic E-state index is 12.3. The summed E-state index contributed by atoms with van der Waals surface area (Å²) in [7, 11) is 2.16. The van der Waals surface area contributed by atoms with Crippen molar-refractivity contribution >= 4 is 5.78 Å². The fraction of sp³-hybridized carbons (Fsp3) is 0.562. The summed E-state index contributed by atoms with van der Waals surface area (Å²) in [6, 6.07) is 8.89. The summed E-state index contributed by atoms with van der Waals surface area (Å²) in [5, 5.41) is 0. The molecule has 1 aliphatic rings. The molecule has 1 aliphatic heterocycles. The molecule has 104 valence electrons. The van der Waals surface area contributed by atoms with Gasteiger partial charge in [-0.25, -0.2) is 0 Å². The molecule has 1 saturated heterocycles. The number of nitrogens with zero attached hydrogens (tertiary/aromatic N) is 2. The smallest absolute Gasteiger partial charge is 0.176 e. The lowest BCUT2D eigenvalue weighted by Gasteiger charge is -2.42. The normalized spacial score (nSPS) is 25.5.